The van der Waals surface area contributed by atoms with Crippen molar-refractivity contribution < 1.29 is 14.1 Å². The van der Waals surface area contributed by atoms with E-state index < -0.39 is 11.6 Å². The Labute approximate surface area is 80.0 Å². The van der Waals surface area contributed by atoms with Crippen molar-refractivity contribution in [1.82, 2.24) is 5.16 Å². The maximum absolute atomic E-state index is 11.3. The third kappa shape index (κ3) is 1.25. The van der Waals surface area contributed by atoms with E-state index >= 15 is 0 Å². The molecule has 0 bridgehead atoms. The van der Waals surface area contributed by atoms with Crippen LogP contribution in [0.5, 0.6) is 0 Å². The van der Waals surface area contributed by atoms with E-state index in [-0.39, 0.29) is 11.5 Å². The number of esters is 1. The van der Waals surface area contributed by atoms with Crippen molar-refractivity contribution in [3.05, 3.63) is 21.7 Å². The number of aromatic amines is 1. The molecule has 1 saturated carbocycles. The number of H-pyrrole nitrogens is 1. The highest BCUT2D eigenvalue weighted by Crippen LogP contribution is 2.36. The monoisotopic (exact) mass is 197 g/mol. The molecule has 0 spiro atoms. The molecular formula is C9H11NO4. The maximum atomic E-state index is 11.3. The molecule has 0 radical (unpaired) electrons. The number of rotatable bonds is 2. The number of methoxy groups -OCH3 is 1. The van der Waals surface area contributed by atoms with E-state index in [1.165, 1.54) is 7.11 Å². The highest BCUT2D eigenvalue weighted by Gasteiger charge is 2.30. The highest BCUT2D eigenvalue weighted by atomic mass is 16.5. The van der Waals surface area contributed by atoms with Crippen molar-refractivity contribution in [2.75, 3.05) is 7.11 Å². The van der Waals surface area contributed by atoms with Gasteiger partial charge < -0.3 is 9.26 Å². The molecule has 1 aromatic heterocycles. The Bertz CT molecular complexity index is 399. The summed E-state index contributed by atoms with van der Waals surface area (Å²) in [6, 6.07) is 0. The predicted molar refractivity (Wildman–Crippen MR) is 47.3 cm³/mol. The fourth-order valence-corrected chi connectivity index (χ4v) is 1.59. The minimum absolute atomic E-state index is 0.0252. The summed E-state index contributed by atoms with van der Waals surface area (Å²) in [5.41, 5.74) is -0.0240. The number of aromatic nitrogens is 1. The lowest BCUT2D eigenvalue weighted by Crippen LogP contribution is -2.18. The van der Waals surface area contributed by atoms with Gasteiger partial charge in [0.15, 0.2) is 5.56 Å². The molecule has 0 aliphatic heterocycles. The normalized spacial score (nSPS) is 16.4. The van der Waals surface area contributed by atoms with Crippen molar-refractivity contribution in [2.45, 2.75) is 25.2 Å². The second-order valence-corrected chi connectivity index (χ2v) is 3.40. The van der Waals surface area contributed by atoms with Crippen LogP contribution in [0.1, 0.15) is 41.2 Å². The average Bonchev–Trinajstić information content (AvgIpc) is 2.44. The van der Waals surface area contributed by atoms with Gasteiger partial charge in [0, 0.05) is 5.92 Å². The van der Waals surface area contributed by atoms with Crippen molar-refractivity contribution in [2.24, 2.45) is 0 Å². The molecule has 0 amide bonds. The minimum atomic E-state index is -0.640. The lowest BCUT2D eigenvalue weighted by atomic mass is 9.81. The maximum Gasteiger partial charge on any atom is 0.372 e. The van der Waals surface area contributed by atoms with Gasteiger partial charge in [0.2, 0.25) is 0 Å². The fourth-order valence-electron chi connectivity index (χ4n) is 1.59. The molecule has 0 aromatic carbocycles. The van der Waals surface area contributed by atoms with Gasteiger partial charge in [-0.3, -0.25) is 0 Å². The van der Waals surface area contributed by atoms with Crippen molar-refractivity contribution in [3.8, 4) is 0 Å². The van der Waals surface area contributed by atoms with Gasteiger partial charge in [-0.1, -0.05) is 6.42 Å². The van der Waals surface area contributed by atoms with Gasteiger partial charge in [-0.2, -0.15) is 0 Å². The van der Waals surface area contributed by atoms with Crippen molar-refractivity contribution >= 4 is 5.97 Å². The molecule has 76 valence electrons. The molecule has 14 heavy (non-hydrogen) atoms. The average molecular weight is 197 g/mol. The standard InChI is InChI=1S/C9H11NO4/c1-13-8(11)6-7(5-3-2-4-5)10-14-9(6)12/h5,10H,2-4H2,1H3. The Morgan fingerprint density at radius 1 is 1.57 bits per heavy atom. The Morgan fingerprint density at radius 2 is 2.29 bits per heavy atom. The van der Waals surface area contributed by atoms with Crippen molar-refractivity contribution in [1.29, 1.82) is 0 Å². The van der Waals surface area contributed by atoms with E-state index in [1.54, 1.807) is 0 Å². The predicted octanol–water partition coefficient (Wildman–Crippen LogP) is 1.02. The molecule has 1 fully saturated rings. The molecule has 5 nitrogen and oxygen atoms in total. The van der Waals surface area contributed by atoms with Gasteiger partial charge in [0.25, 0.3) is 0 Å². The zero-order valence-corrected chi connectivity index (χ0v) is 7.83. The lowest BCUT2D eigenvalue weighted by molar-refractivity contribution is 0.0595. The minimum Gasteiger partial charge on any atom is -0.465 e. The molecule has 1 aromatic rings. The van der Waals surface area contributed by atoms with E-state index in [1.807, 2.05) is 0 Å². The van der Waals surface area contributed by atoms with Gasteiger partial charge in [-0.05, 0) is 12.8 Å². The summed E-state index contributed by atoms with van der Waals surface area (Å²) in [5, 5.41) is 2.50. The lowest BCUT2D eigenvalue weighted by Gasteiger charge is -2.23. The van der Waals surface area contributed by atoms with Gasteiger partial charge in [-0.15, -0.1) is 0 Å². The second-order valence-electron chi connectivity index (χ2n) is 3.40. The molecular weight excluding hydrogens is 186 g/mol. The molecule has 1 N–H and O–H groups in total. The highest BCUT2D eigenvalue weighted by molar-refractivity contribution is 5.90. The van der Waals surface area contributed by atoms with Gasteiger partial charge in [0.1, 0.15) is 0 Å². The summed E-state index contributed by atoms with van der Waals surface area (Å²) in [5.74, 6) is -0.377. The summed E-state index contributed by atoms with van der Waals surface area (Å²) in [4.78, 5) is 22.4. The van der Waals surface area contributed by atoms with Crippen LogP contribution in [-0.4, -0.2) is 18.2 Å². The quantitative estimate of drug-likeness (QED) is 0.718. The first kappa shape index (κ1) is 9.05. The number of hydrogen-bond donors (Lipinski definition) is 1. The van der Waals surface area contributed by atoms with E-state index in [0.717, 1.165) is 19.3 Å². The molecule has 1 aliphatic rings. The van der Waals surface area contributed by atoms with Crippen LogP contribution in [0.2, 0.25) is 0 Å². The van der Waals surface area contributed by atoms with Gasteiger partial charge in [0.05, 0.1) is 12.8 Å². The summed E-state index contributed by atoms with van der Waals surface area (Å²) < 4.78 is 9.11. The largest absolute Gasteiger partial charge is 0.465 e. The number of carbonyl (C=O) groups excluding carboxylic acids is 1. The SMILES string of the molecule is COC(=O)c1c(C2CCC2)[nH]oc1=O. The summed E-state index contributed by atoms with van der Waals surface area (Å²) in [6.07, 6.45) is 3.09. The zero-order chi connectivity index (χ0) is 10.1. The number of nitrogens with one attached hydrogen (secondary N) is 1. The number of carbonyl (C=O) groups is 1. The van der Waals surface area contributed by atoms with Crippen LogP contribution in [0.4, 0.5) is 0 Å². The molecule has 1 heterocycles. The Morgan fingerprint density at radius 3 is 2.79 bits per heavy atom. The van der Waals surface area contributed by atoms with E-state index in [0.29, 0.717) is 5.69 Å². The summed E-state index contributed by atoms with van der Waals surface area (Å²) >= 11 is 0. The number of ether oxygens (including phenoxy) is 1. The number of hydrogen-bond acceptors (Lipinski definition) is 4. The molecule has 0 unspecified atom stereocenters. The smallest absolute Gasteiger partial charge is 0.372 e. The fraction of sp³-hybridized carbons (Fsp3) is 0.556. The van der Waals surface area contributed by atoms with Crippen molar-refractivity contribution in [3.63, 3.8) is 0 Å². The first-order chi connectivity index (χ1) is 6.74. The van der Waals surface area contributed by atoms with E-state index in [9.17, 15) is 9.59 Å². The molecule has 0 saturated heterocycles. The Hall–Kier alpha value is -1.52. The first-order valence-corrected chi connectivity index (χ1v) is 4.53. The van der Waals surface area contributed by atoms with E-state index in [2.05, 4.69) is 14.4 Å². The van der Waals surface area contributed by atoms with Crippen LogP contribution in [0, 0.1) is 0 Å². The van der Waals surface area contributed by atoms with Crippen LogP contribution in [0.25, 0.3) is 0 Å². The molecule has 5 heteroatoms. The molecule has 2 rings (SSSR count). The van der Waals surface area contributed by atoms with Crippen LogP contribution in [0.15, 0.2) is 9.32 Å². The third-order valence-corrected chi connectivity index (χ3v) is 2.63. The van der Waals surface area contributed by atoms with Gasteiger partial charge in [-0.25, -0.2) is 14.7 Å². The summed E-state index contributed by atoms with van der Waals surface area (Å²) in [7, 11) is 1.25. The van der Waals surface area contributed by atoms with Crippen LogP contribution >= 0.6 is 0 Å². The molecule has 0 atom stereocenters. The molecule has 1 aliphatic carbocycles. The summed E-state index contributed by atoms with van der Waals surface area (Å²) in [6.45, 7) is 0. The zero-order valence-electron chi connectivity index (χ0n) is 7.83. The van der Waals surface area contributed by atoms with Crippen LogP contribution in [-0.2, 0) is 4.74 Å². The van der Waals surface area contributed by atoms with E-state index in [4.69, 9.17) is 0 Å². The third-order valence-electron chi connectivity index (χ3n) is 2.63. The van der Waals surface area contributed by atoms with Gasteiger partial charge >= 0.3 is 11.6 Å². The van der Waals surface area contributed by atoms with Crippen LogP contribution < -0.4 is 5.63 Å². The second kappa shape index (κ2) is 3.32. The van der Waals surface area contributed by atoms with Crippen LogP contribution in [0.3, 0.4) is 0 Å². The first-order valence-electron chi connectivity index (χ1n) is 4.53. The Kier molecular flexibility index (Phi) is 2.15. The Balaban J connectivity index is 2.39. The topological polar surface area (TPSA) is 72.3 Å².